The predicted octanol–water partition coefficient (Wildman–Crippen LogP) is 3.71. The average molecular weight is 380 g/mol. The molecule has 1 atom stereocenters. The van der Waals surface area contributed by atoms with Gasteiger partial charge in [-0.15, -0.1) is 23.7 Å². The molecule has 3 N–H and O–H groups in total. The third kappa shape index (κ3) is 3.68. The van der Waals surface area contributed by atoms with Crippen molar-refractivity contribution >= 4 is 55.6 Å². The Morgan fingerprint density at radius 3 is 2.40 bits per heavy atom. The molecule has 1 aromatic heterocycles. The molecule has 0 aliphatic heterocycles. The summed E-state index contributed by atoms with van der Waals surface area (Å²) < 4.78 is 2.05. The van der Waals surface area contributed by atoms with Gasteiger partial charge in [-0.05, 0) is 37.9 Å². The topological polar surface area (TPSA) is 46.2 Å². The number of halogens is 3. The molecule has 2 nitrogen and oxygen atoms in total. The van der Waals surface area contributed by atoms with E-state index >= 15 is 0 Å². The van der Waals surface area contributed by atoms with E-state index in [1.165, 1.54) is 0 Å². The SMILES string of the molecule is CC(C)(CO)[C@@H](N)c1cc(Br)c(Br)s1.Cl. The molecule has 6 heteroatoms. The summed E-state index contributed by atoms with van der Waals surface area (Å²) in [6, 6.07) is 1.86. The number of aliphatic hydroxyl groups excluding tert-OH is 1. The number of aliphatic hydroxyl groups is 1. The van der Waals surface area contributed by atoms with Crippen molar-refractivity contribution in [3.05, 3.63) is 19.2 Å². The lowest BCUT2D eigenvalue weighted by molar-refractivity contribution is 0.133. The van der Waals surface area contributed by atoms with Gasteiger partial charge in [0, 0.05) is 20.8 Å². The van der Waals surface area contributed by atoms with Gasteiger partial charge in [-0.3, -0.25) is 0 Å². The van der Waals surface area contributed by atoms with Crippen molar-refractivity contribution < 1.29 is 5.11 Å². The molecule has 0 aromatic carbocycles. The second-order valence-electron chi connectivity index (χ2n) is 3.89. The summed E-state index contributed by atoms with van der Waals surface area (Å²) >= 11 is 8.44. The standard InChI is InChI=1S/C9H13Br2NOS.ClH/c1-9(2,4-13)7(12)6-3-5(10)8(11)14-6;/h3,7,13H,4,12H2,1-2H3;1H/t7-;/m0./s1. The van der Waals surface area contributed by atoms with E-state index in [4.69, 9.17) is 5.73 Å². The van der Waals surface area contributed by atoms with Gasteiger partial charge >= 0.3 is 0 Å². The van der Waals surface area contributed by atoms with E-state index in [-0.39, 0.29) is 30.5 Å². The first-order valence-corrected chi connectivity index (χ1v) is 6.60. The lowest BCUT2D eigenvalue weighted by Crippen LogP contribution is -2.31. The van der Waals surface area contributed by atoms with Gasteiger partial charge in [0.15, 0.2) is 0 Å². The van der Waals surface area contributed by atoms with E-state index in [2.05, 4.69) is 31.9 Å². The molecule has 1 rings (SSSR count). The molecule has 0 unspecified atom stereocenters. The maximum atomic E-state index is 9.20. The Kier molecular flexibility index (Phi) is 6.33. The zero-order valence-corrected chi connectivity index (χ0v) is 13.3. The quantitative estimate of drug-likeness (QED) is 0.841. The first-order valence-electron chi connectivity index (χ1n) is 4.19. The molecule has 1 aromatic rings. The highest BCUT2D eigenvalue weighted by atomic mass is 79.9. The summed E-state index contributed by atoms with van der Waals surface area (Å²) in [5.74, 6) is 0. The molecule has 0 bridgehead atoms. The van der Waals surface area contributed by atoms with Gasteiger partial charge in [0.25, 0.3) is 0 Å². The molecule has 0 aliphatic carbocycles. The minimum absolute atomic E-state index is 0. The van der Waals surface area contributed by atoms with Crippen LogP contribution >= 0.6 is 55.6 Å². The summed E-state index contributed by atoms with van der Waals surface area (Å²) in [6.07, 6.45) is 0. The predicted molar refractivity (Wildman–Crippen MR) is 74.8 cm³/mol. The van der Waals surface area contributed by atoms with Crippen molar-refractivity contribution in [2.75, 3.05) is 6.61 Å². The molecule has 88 valence electrons. The van der Waals surface area contributed by atoms with Crippen LogP contribution in [0.3, 0.4) is 0 Å². The number of thiophene rings is 1. The van der Waals surface area contributed by atoms with Gasteiger partial charge in [-0.1, -0.05) is 13.8 Å². The van der Waals surface area contributed by atoms with Crippen molar-refractivity contribution in [3.8, 4) is 0 Å². The number of rotatable bonds is 3. The van der Waals surface area contributed by atoms with Crippen molar-refractivity contribution in [3.63, 3.8) is 0 Å². The van der Waals surface area contributed by atoms with Crippen LogP contribution in [0.1, 0.15) is 24.8 Å². The Bertz CT molecular complexity index is 310. The third-order valence-electron chi connectivity index (χ3n) is 2.22. The van der Waals surface area contributed by atoms with Crippen LogP contribution in [0.4, 0.5) is 0 Å². The van der Waals surface area contributed by atoms with Gasteiger partial charge in [0.2, 0.25) is 0 Å². The Labute approximate surface area is 117 Å². The van der Waals surface area contributed by atoms with Crippen LogP contribution in [0.5, 0.6) is 0 Å². The van der Waals surface area contributed by atoms with Gasteiger partial charge < -0.3 is 10.8 Å². The highest BCUT2D eigenvalue weighted by Gasteiger charge is 2.28. The third-order valence-corrected chi connectivity index (χ3v) is 5.56. The summed E-state index contributed by atoms with van der Waals surface area (Å²) in [4.78, 5) is 1.07. The molecule has 0 fully saturated rings. The normalized spacial score (nSPS) is 13.5. The average Bonchev–Trinajstić information content (AvgIpc) is 2.45. The van der Waals surface area contributed by atoms with E-state index < -0.39 is 0 Å². The van der Waals surface area contributed by atoms with Crippen LogP contribution in [0.15, 0.2) is 14.3 Å². The van der Waals surface area contributed by atoms with Gasteiger partial charge in [0.1, 0.15) is 0 Å². The second kappa shape index (κ2) is 5.98. The van der Waals surface area contributed by atoms with E-state index in [0.29, 0.717) is 0 Å². The van der Waals surface area contributed by atoms with Gasteiger partial charge in [-0.25, -0.2) is 0 Å². The molecular weight excluding hydrogens is 365 g/mol. The minimum Gasteiger partial charge on any atom is -0.396 e. The summed E-state index contributed by atoms with van der Waals surface area (Å²) in [5.41, 5.74) is 5.79. The van der Waals surface area contributed by atoms with Crippen molar-refractivity contribution in [2.24, 2.45) is 11.1 Å². The lowest BCUT2D eigenvalue weighted by Gasteiger charge is -2.28. The van der Waals surface area contributed by atoms with Crippen LogP contribution in [0.25, 0.3) is 0 Å². The molecule has 0 spiro atoms. The van der Waals surface area contributed by atoms with Crippen molar-refractivity contribution in [2.45, 2.75) is 19.9 Å². The summed E-state index contributed by atoms with van der Waals surface area (Å²) in [6.45, 7) is 4.00. The van der Waals surface area contributed by atoms with Crippen LogP contribution in [-0.4, -0.2) is 11.7 Å². The number of hydrogen-bond acceptors (Lipinski definition) is 3. The van der Waals surface area contributed by atoms with Crippen molar-refractivity contribution in [1.82, 2.24) is 0 Å². The van der Waals surface area contributed by atoms with Gasteiger partial charge in [0.05, 0.1) is 10.4 Å². The fraction of sp³-hybridized carbons (Fsp3) is 0.556. The smallest absolute Gasteiger partial charge is 0.0843 e. The molecule has 0 saturated heterocycles. The molecule has 0 aliphatic rings. The fourth-order valence-corrected chi connectivity index (χ4v) is 3.30. The molecule has 0 saturated carbocycles. The monoisotopic (exact) mass is 377 g/mol. The summed E-state index contributed by atoms with van der Waals surface area (Å²) in [5, 5.41) is 9.20. The van der Waals surface area contributed by atoms with E-state index in [1.807, 2.05) is 19.9 Å². The van der Waals surface area contributed by atoms with Crippen LogP contribution < -0.4 is 5.73 Å². The Balaban J connectivity index is 0.00000196. The van der Waals surface area contributed by atoms with Crippen LogP contribution in [0.2, 0.25) is 0 Å². The first-order chi connectivity index (χ1) is 6.38. The first kappa shape index (κ1) is 15.9. The number of nitrogens with two attached hydrogens (primary N) is 1. The zero-order chi connectivity index (χ0) is 10.9. The van der Waals surface area contributed by atoms with Crippen LogP contribution in [-0.2, 0) is 0 Å². The Morgan fingerprint density at radius 1 is 1.53 bits per heavy atom. The lowest BCUT2D eigenvalue weighted by atomic mass is 9.85. The molecule has 15 heavy (non-hydrogen) atoms. The van der Waals surface area contributed by atoms with Crippen LogP contribution in [0, 0.1) is 5.41 Å². The molecule has 0 radical (unpaired) electrons. The maximum absolute atomic E-state index is 9.20. The highest BCUT2D eigenvalue weighted by Crippen LogP contribution is 2.40. The minimum atomic E-state index is -0.288. The Hall–Kier alpha value is 0.870. The molecule has 0 amide bonds. The maximum Gasteiger partial charge on any atom is 0.0843 e. The van der Waals surface area contributed by atoms with Crippen molar-refractivity contribution in [1.29, 1.82) is 0 Å². The van der Waals surface area contributed by atoms with E-state index in [1.54, 1.807) is 11.3 Å². The molecular formula is C9H14Br2ClNOS. The highest BCUT2D eigenvalue weighted by molar-refractivity contribution is 9.13. The Morgan fingerprint density at radius 2 is 2.07 bits per heavy atom. The number of hydrogen-bond donors (Lipinski definition) is 2. The van der Waals surface area contributed by atoms with Gasteiger partial charge in [-0.2, -0.15) is 0 Å². The fourth-order valence-electron chi connectivity index (χ4n) is 1.00. The van der Waals surface area contributed by atoms with E-state index in [0.717, 1.165) is 13.1 Å². The zero-order valence-electron chi connectivity index (χ0n) is 8.46. The molecule has 1 heterocycles. The van der Waals surface area contributed by atoms with E-state index in [9.17, 15) is 5.11 Å². The second-order valence-corrected chi connectivity index (χ2v) is 7.15. The largest absolute Gasteiger partial charge is 0.396 e. The summed E-state index contributed by atoms with van der Waals surface area (Å²) in [7, 11) is 0.